The first-order chi connectivity index (χ1) is 13.4. The lowest BCUT2D eigenvalue weighted by Crippen LogP contribution is -2.06. The van der Waals surface area contributed by atoms with Crippen molar-refractivity contribution in [3.05, 3.63) is 75.4 Å². The van der Waals surface area contributed by atoms with Crippen LogP contribution >= 0.6 is 15.9 Å². The quantitative estimate of drug-likeness (QED) is 0.356. The lowest BCUT2D eigenvalue weighted by Gasteiger charge is -2.13. The number of rotatable bonds is 6. The van der Waals surface area contributed by atoms with Gasteiger partial charge in [-0.1, -0.05) is 24.8 Å². The summed E-state index contributed by atoms with van der Waals surface area (Å²) >= 11 is 3.50. The van der Waals surface area contributed by atoms with Crippen LogP contribution in [0.15, 0.2) is 63.7 Å². The Balaban J connectivity index is 1.94. The maximum Gasteiger partial charge on any atom is 0.363 e. The van der Waals surface area contributed by atoms with Crippen molar-refractivity contribution in [3.63, 3.8) is 0 Å². The molecule has 2 aromatic rings. The number of hydrogen-bond donors (Lipinski definition) is 0. The molecular weight excluding hydrogens is 422 g/mol. The molecule has 1 aliphatic rings. The van der Waals surface area contributed by atoms with Crippen molar-refractivity contribution < 1.29 is 19.0 Å². The molecule has 0 spiro atoms. The molecule has 0 atom stereocenters. The van der Waals surface area contributed by atoms with Crippen molar-refractivity contribution in [1.29, 1.82) is 0 Å². The van der Waals surface area contributed by atoms with E-state index < -0.39 is 5.97 Å². The molecule has 5 nitrogen and oxygen atoms in total. The van der Waals surface area contributed by atoms with Gasteiger partial charge in [-0.15, -0.1) is 0 Å². The normalized spacial score (nSPS) is 14.6. The molecule has 0 N–H and O–H groups in total. The molecule has 1 heterocycles. The summed E-state index contributed by atoms with van der Waals surface area (Å²) in [6, 6.07) is 11.2. The predicted molar refractivity (Wildman–Crippen MR) is 113 cm³/mol. The highest BCUT2D eigenvalue weighted by molar-refractivity contribution is 9.10. The van der Waals surface area contributed by atoms with Crippen LogP contribution in [0.4, 0.5) is 0 Å². The Kier molecular flexibility index (Phi) is 5.99. The summed E-state index contributed by atoms with van der Waals surface area (Å²) in [5.41, 5.74) is 3.63. The molecule has 0 saturated carbocycles. The van der Waals surface area contributed by atoms with Crippen molar-refractivity contribution in [2.75, 3.05) is 13.7 Å². The molecule has 0 amide bonds. The first kappa shape index (κ1) is 19.9. The topological polar surface area (TPSA) is 57.1 Å². The van der Waals surface area contributed by atoms with Gasteiger partial charge in [-0.2, -0.15) is 0 Å². The van der Waals surface area contributed by atoms with Crippen LogP contribution in [-0.2, 0) is 9.53 Å². The number of ether oxygens (including phenoxy) is 3. The Hall–Kier alpha value is -2.86. The van der Waals surface area contributed by atoms with E-state index >= 15 is 0 Å². The minimum Gasteiger partial charge on any atom is -0.493 e. The fraction of sp³-hybridized carbons (Fsp3) is 0.182. The number of carbonyl (C=O) groups excluding carboxylic acids is 1. The number of nitrogens with zero attached hydrogens (tertiary/aromatic N) is 1. The van der Waals surface area contributed by atoms with Crippen LogP contribution in [0, 0.1) is 6.92 Å². The van der Waals surface area contributed by atoms with E-state index in [0.29, 0.717) is 28.5 Å². The van der Waals surface area contributed by atoms with E-state index in [1.807, 2.05) is 44.2 Å². The first-order valence-corrected chi connectivity index (χ1v) is 9.41. The highest BCUT2D eigenvalue weighted by Gasteiger charge is 2.25. The lowest BCUT2D eigenvalue weighted by molar-refractivity contribution is -0.129. The molecule has 1 aliphatic heterocycles. The summed E-state index contributed by atoms with van der Waals surface area (Å²) in [6.45, 7) is 8.04. The molecule has 0 bridgehead atoms. The van der Waals surface area contributed by atoms with E-state index in [1.54, 1.807) is 19.3 Å². The average molecular weight is 442 g/mol. The Labute approximate surface area is 172 Å². The summed E-state index contributed by atoms with van der Waals surface area (Å²) in [4.78, 5) is 16.6. The number of halogens is 1. The highest BCUT2D eigenvalue weighted by Crippen LogP contribution is 2.37. The molecule has 0 fully saturated rings. The average Bonchev–Trinajstić information content (AvgIpc) is 3.00. The summed E-state index contributed by atoms with van der Waals surface area (Å²) in [6.07, 6.45) is 1.66. The fourth-order valence-corrected chi connectivity index (χ4v) is 3.23. The predicted octanol–water partition coefficient (Wildman–Crippen LogP) is 5.07. The number of methoxy groups -OCH3 is 1. The molecular formula is C22H20BrNO4. The number of esters is 1. The molecule has 2 aromatic carbocycles. The van der Waals surface area contributed by atoms with Gasteiger partial charge in [0.05, 0.1) is 11.6 Å². The van der Waals surface area contributed by atoms with E-state index in [0.717, 1.165) is 22.3 Å². The van der Waals surface area contributed by atoms with Crippen LogP contribution in [-0.4, -0.2) is 25.6 Å². The number of cyclic esters (lactones) is 1. The van der Waals surface area contributed by atoms with Crippen molar-refractivity contribution in [3.8, 4) is 11.5 Å². The fourth-order valence-electron chi connectivity index (χ4n) is 2.65. The zero-order valence-corrected chi connectivity index (χ0v) is 17.5. The van der Waals surface area contributed by atoms with Crippen LogP contribution in [0.5, 0.6) is 11.5 Å². The lowest BCUT2D eigenvalue weighted by atomic mass is 10.1. The van der Waals surface area contributed by atoms with Gasteiger partial charge < -0.3 is 14.2 Å². The summed E-state index contributed by atoms with van der Waals surface area (Å²) in [7, 11) is 1.56. The third-order valence-corrected chi connectivity index (χ3v) is 4.60. The monoisotopic (exact) mass is 441 g/mol. The number of hydrogen-bond acceptors (Lipinski definition) is 5. The van der Waals surface area contributed by atoms with E-state index in [1.165, 1.54) is 0 Å². The third kappa shape index (κ3) is 4.34. The molecule has 144 valence electrons. The molecule has 3 rings (SSSR count). The van der Waals surface area contributed by atoms with Crippen molar-refractivity contribution in [2.45, 2.75) is 13.8 Å². The number of benzene rings is 2. The molecule has 0 aliphatic carbocycles. The minimum absolute atomic E-state index is 0.225. The second-order valence-corrected chi connectivity index (χ2v) is 7.29. The van der Waals surface area contributed by atoms with Gasteiger partial charge in [0.2, 0.25) is 5.90 Å². The standard InChI is InChI=1S/C22H20BrNO4/c1-13(2)12-27-20-17(23)9-15(11-19(20)26-4)10-18-22(25)28-21(24-18)16-8-6-5-7-14(16)3/h5-11H,1,12H2,2-4H3/b18-10-. The SMILES string of the molecule is C=C(C)COc1c(Br)cc(/C=C2\N=C(c3ccccc3C)OC2=O)cc1OC. The van der Waals surface area contributed by atoms with Crippen LogP contribution < -0.4 is 9.47 Å². The van der Waals surface area contributed by atoms with Crippen molar-refractivity contribution >= 4 is 33.9 Å². The van der Waals surface area contributed by atoms with Gasteiger partial charge in [-0.25, -0.2) is 9.79 Å². The van der Waals surface area contributed by atoms with E-state index in [2.05, 4.69) is 27.5 Å². The van der Waals surface area contributed by atoms with Gasteiger partial charge in [0.1, 0.15) is 6.61 Å². The van der Waals surface area contributed by atoms with Gasteiger partial charge in [0.25, 0.3) is 0 Å². The van der Waals surface area contributed by atoms with E-state index in [9.17, 15) is 4.79 Å². The second-order valence-electron chi connectivity index (χ2n) is 6.43. The zero-order valence-electron chi connectivity index (χ0n) is 15.9. The molecule has 0 aromatic heterocycles. The van der Waals surface area contributed by atoms with E-state index in [-0.39, 0.29) is 5.70 Å². The van der Waals surface area contributed by atoms with Gasteiger partial charge in [-0.3, -0.25) is 0 Å². The number of carbonyl (C=O) groups is 1. The molecule has 6 heteroatoms. The maximum atomic E-state index is 12.3. The van der Waals surface area contributed by atoms with E-state index in [4.69, 9.17) is 14.2 Å². The van der Waals surface area contributed by atoms with Crippen LogP contribution in [0.25, 0.3) is 6.08 Å². The molecule has 0 radical (unpaired) electrons. The minimum atomic E-state index is -0.490. The van der Waals surface area contributed by atoms with Crippen molar-refractivity contribution in [2.24, 2.45) is 4.99 Å². The first-order valence-electron chi connectivity index (χ1n) is 8.62. The van der Waals surface area contributed by atoms with Crippen LogP contribution in [0.1, 0.15) is 23.6 Å². The third-order valence-electron chi connectivity index (χ3n) is 4.01. The Bertz CT molecular complexity index is 1010. The summed E-state index contributed by atoms with van der Waals surface area (Å²) < 4.78 is 17.2. The van der Waals surface area contributed by atoms with Crippen LogP contribution in [0.2, 0.25) is 0 Å². The van der Waals surface area contributed by atoms with Gasteiger partial charge in [0.15, 0.2) is 17.2 Å². The summed E-state index contributed by atoms with van der Waals surface area (Å²) in [5.74, 6) is 0.931. The number of aryl methyl sites for hydroxylation is 1. The largest absolute Gasteiger partial charge is 0.493 e. The Morgan fingerprint density at radius 3 is 2.75 bits per heavy atom. The van der Waals surface area contributed by atoms with Gasteiger partial charge in [0, 0.05) is 5.56 Å². The van der Waals surface area contributed by atoms with Crippen LogP contribution in [0.3, 0.4) is 0 Å². The van der Waals surface area contributed by atoms with Crippen molar-refractivity contribution in [1.82, 2.24) is 0 Å². The molecule has 0 unspecified atom stereocenters. The smallest absolute Gasteiger partial charge is 0.363 e. The Morgan fingerprint density at radius 2 is 2.07 bits per heavy atom. The zero-order chi connectivity index (χ0) is 20.3. The molecule has 0 saturated heterocycles. The summed E-state index contributed by atoms with van der Waals surface area (Å²) in [5, 5.41) is 0. The maximum absolute atomic E-state index is 12.3. The number of aliphatic imine (C=N–C) groups is 1. The molecule has 28 heavy (non-hydrogen) atoms. The highest BCUT2D eigenvalue weighted by atomic mass is 79.9. The van der Waals surface area contributed by atoms with Gasteiger partial charge in [-0.05, 0) is 70.8 Å². The second kappa shape index (κ2) is 8.44. The Morgan fingerprint density at radius 1 is 1.32 bits per heavy atom. The van der Waals surface area contributed by atoms with Gasteiger partial charge >= 0.3 is 5.97 Å².